The Hall–Kier alpha value is -1.20. The van der Waals surface area contributed by atoms with E-state index in [4.69, 9.17) is 11.6 Å². The largest absolute Gasteiger partial charge is 0.355 e. The highest BCUT2D eigenvalue weighted by molar-refractivity contribution is 7.99. The third kappa shape index (κ3) is 3.19. The zero-order valence-electron chi connectivity index (χ0n) is 11.5. The molecule has 1 aromatic rings. The van der Waals surface area contributed by atoms with E-state index < -0.39 is 0 Å². The first-order valence-corrected chi connectivity index (χ1v) is 8.52. The van der Waals surface area contributed by atoms with Crippen LogP contribution in [0.4, 0.5) is 0 Å². The third-order valence-corrected chi connectivity index (χ3v) is 5.42. The molecule has 2 fully saturated rings. The summed E-state index contributed by atoms with van der Waals surface area (Å²) in [4.78, 5) is 25.9. The van der Waals surface area contributed by atoms with Gasteiger partial charge in [0.15, 0.2) is 0 Å². The molecule has 1 N–H and O–H groups in total. The van der Waals surface area contributed by atoms with Crippen molar-refractivity contribution in [1.29, 1.82) is 0 Å². The van der Waals surface area contributed by atoms with Gasteiger partial charge in [0.2, 0.25) is 11.8 Å². The second kappa shape index (κ2) is 6.28. The van der Waals surface area contributed by atoms with E-state index in [2.05, 4.69) is 5.32 Å². The molecule has 21 heavy (non-hydrogen) atoms. The van der Waals surface area contributed by atoms with Crippen LogP contribution < -0.4 is 5.32 Å². The highest BCUT2D eigenvalue weighted by atomic mass is 35.5. The summed E-state index contributed by atoms with van der Waals surface area (Å²) < 4.78 is 0. The molecule has 0 spiro atoms. The minimum Gasteiger partial charge on any atom is -0.355 e. The van der Waals surface area contributed by atoms with Gasteiger partial charge in [0.1, 0.15) is 5.37 Å². The van der Waals surface area contributed by atoms with Crippen molar-refractivity contribution in [2.24, 2.45) is 5.92 Å². The van der Waals surface area contributed by atoms with Gasteiger partial charge in [-0.25, -0.2) is 0 Å². The summed E-state index contributed by atoms with van der Waals surface area (Å²) in [5.41, 5.74) is 1.07. The van der Waals surface area contributed by atoms with Crippen molar-refractivity contribution in [3.05, 3.63) is 34.9 Å². The average Bonchev–Trinajstić information content (AvgIpc) is 2.97. The summed E-state index contributed by atoms with van der Waals surface area (Å²) in [7, 11) is 0. The lowest BCUT2D eigenvalue weighted by Crippen LogP contribution is -2.44. The summed E-state index contributed by atoms with van der Waals surface area (Å²) in [6, 6.07) is 7.69. The Bertz CT molecular complexity index is 556. The number of hydrogen-bond acceptors (Lipinski definition) is 3. The van der Waals surface area contributed by atoms with Crippen LogP contribution in [0.1, 0.15) is 23.8 Å². The number of carbonyl (C=O) groups is 2. The summed E-state index contributed by atoms with van der Waals surface area (Å²) in [6.07, 6.45) is 1.09. The van der Waals surface area contributed by atoms with Crippen LogP contribution in [0.25, 0.3) is 0 Å². The highest BCUT2D eigenvalue weighted by Crippen LogP contribution is 2.39. The Labute approximate surface area is 133 Å². The van der Waals surface area contributed by atoms with Crippen LogP contribution in [-0.4, -0.2) is 35.6 Å². The van der Waals surface area contributed by atoms with Gasteiger partial charge in [-0.05, 0) is 24.1 Å². The topological polar surface area (TPSA) is 49.4 Å². The van der Waals surface area contributed by atoms with Crippen molar-refractivity contribution in [2.45, 2.75) is 18.2 Å². The van der Waals surface area contributed by atoms with Gasteiger partial charge in [0.05, 0.1) is 5.92 Å². The van der Waals surface area contributed by atoms with Crippen molar-refractivity contribution in [3.8, 4) is 0 Å². The number of rotatable bonds is 2. The SMILES string of the molecule is O=C1CCC(C(=O)N2CCSC2c2cccc(Cl)c2)CN1. The molecule has 2 heterocycles. The Kier molecular flexibility index (Phi) is 4.40. The summed E-state index contributed by atoms with van der Waals surface area (Å²) in [5.74, 6) is 1.02. The van der Waals surface area contributed by atoms with Crippen LogP contribution in [0.2, 0.25) is 5.02 Å². The maximum Gasteiger partial charge on any atom is 0.228 e. The molecule has 6 heteroatoms. The van der Waals surface area contributed by atoms with Crippen molar-refractivity contribution >= 4 is 35.2 Å². The smallest absolute Gasteiger partial charge is 0.228 e. The number of amides is 2. The number of piperidine rings is 1. The number of carbonyl (C=O) groups excluding carboxylic acids is 2. The van der Waals surface area contributed by atoms with E-state index in [1.807, 2.05) is 29.2 Å². The Morgan fingerprint density at radius 2 is 2.29 bits per heavy atom. The van der Waals surface area contributed by atoms with Crippen LogP contribution >= 0.6 is 23.4 Å². The maximum absolute atomic E-state index is 12.7. The summed E-state index contributed by atoms with van der Waals surface area (Å²) >= 11 is 7.82. The molecule has 0 bridgehead atoms. The van der Waals surface area contributed by atoms with Crippen LogP contribution in [0.5, 0.6) is 0 Å². The quantitative estimate of drug-likeness (QED) is 0.909. The van der Waals surface area contributed by atoms with Gasteiger partial charge in [-0.2, -0.15) is 0 Å². The van der Waals surface area contributed by atoms with E-state index in [1.54, 1.807) is 11.8 Å². The first kappa shape index (κ1) is 14.7. The maximum atomic E-state index is 12.7. The predicted octanol–water partition coefficient (Wildman–Crippen LogP) is 2.44. The van der Waals surface area contributed by atoms with Crippen molar-refractivity contribution < 1.29 is 9.59 Å². The molecule has 0 radical (unpaired) electrons. The zero-order valence-corrected chi connectivity index (χ0v) is 13.1. The number of thioether (sulfide) groups is 1. The predicted molar refractivity (Wildman–Crippen MR) is 84.1 cm³/mol. The van der Waals surface area contributed by atoms with Gasteiger partial charge >= 0.3 is 0 Å². The summed E-state index contributed by atoms with van der Waals surface area (Å²) in [5, 5.41) is 3.51. The fraction of sp³-hybridized carbons (Fsp3) is 0.467. The third-order valence-electron chi connectivity index (χ3n) is 3.92. The van der Waals surface area contributed by atoms with Crippen molar-refractivity contribution in [1.82, 2.24) is 10.2 Å². The number of hydrogen-bond donors (Lipinski definition) is 1. The van der Waals surface area contributed by atoms with Crippen LogP contribution in [0, 0.1) is 5.92 Å². The molecule has 2 amide bonds. The fourth-order valence-electron chi connectivity index (χ4n) is 2.81. The van der Waals surface area contributed by atoms with Gasteiger partial charge in [-0.1, -0.05) is 23.7 Å². The molecular formula is C15H17ClN2O2S. The Morgan fingerprint density at radius 1 is 1.43 bits per heavy atom. The first-order chi connectivity index (χ1) is 10.1. The molecule has 4 nitrogen and oxygen atoms in total. The molecule has 2 atom stereocenters. The van der Waals surface area contributed by atoms with Crippen LogP contribution in [0.15, 0.2) is 24.3 Å². The van der Waals surface area contributed by atoms with E-state index in [9.17, 15) is 9.59 Å². The fourth-order valence-corrected chi connectivity index (χ4v) is 4.26. The van der Waals surface area contributed by atoms with Gasteiger partial charge in [0, 0.05) is 30.3 Å². The van der Waals surface area contributed by atoms with Gasteiger partial charge in [-0.3, -0.25) is 9.59 Å². The monoisotopic (exact) mass is 324 g/mol. The lowest BCUT2D eigenvalue weighted by Gasteiger charge is -2.30. The minimum absolute atomic E-state index is 0.0360. The lowest BCUT2D eigenvalue weighted by atomic mass is 9.97. The molecule has 3 rings (SSSR count). The first-order valence-electron chi connectivity index (χ1n) is 7.09. The van der Waals surface area contributed by atoms with E-state index >= 15 is 0 Å². The molecule has 112 valence electrons. The molecule has 0 aromatic heterocycles. The molecule has 0 saturated carbocycles. The number of halogens is 1. The van der Waals surface area contributed by atoms with E-state index in [1.165, 1.54) is 0 Å². The molecule has 2 saturated heterocycles. The van der Waals surface area contributed by atoms with Gasteiger partial charge < -0.3 is 10.2 Å². The van der Waals surface area contributed by atoms with Crippen LogP contribution in [0.3, 0.4) is 0 Å². The minimum atomic E-state index is -0.0944. The van der Waals surface area contributed by atoms with Crippen molar-refractivity contribution in [2.75, 3.05) is 18.8 Å². The Morgan fingerprint density at radius 3 is 3.00 bits per heavy atom. The molecule has 2 unspecified atom stereocenters. The summed E-state index contributed by atoms with van der Waals surface area (Å²) in [6.45, 7) is 1.21. The molecule has 2 aliphatic rings. The highest BCUT2D eigenvalue weighted by Gasteiger charge is 2.35. The standard InChI is InChI=1S/C15H17ClN2O2S/c16-12-3-1-2-10(8-12)15-18(6-7-21-15)14(20)11-4-5-13(19)17-9-11/h1-3,8,11,15H,4-7,9H2,(H,17,19). The molecule has 0 aliphatic carbocycles. The molecular weight excluding hydrogens is 308 g/mol. The zero-order chi connectivity index (χ0) is 14.8. The second-order valence-corrected chi connectivity index (χ2v) is 6.97. The molecule has 2 aliphatic heterocycles. The number of nitrogens with one attached hydrogen (secondary N) is 1. The van der Waals surface area contributed by atoms with Crippen LogP contribution in [-0.2, 0) is 9.59 Å². The average molecular weight is 325 g/mol. The van der Waals surface area contributed by atoms with E-state index in [0.717, 1.165) is 17.9 Å². The normalized spacial score (nSPS) is 25.8. The number of nitrogens with zero attached hydrogens (tertiary/aromatic N) is 1. The number of benzene rings is 1. The second-order valence-electron chi connectivity index (χ2n) is 5.35. The lowest BCUT2D eigenvalue weighted by molar-refractivity contribution is -0.137. The van der Waals surface area contributed by atoms with Gasteiger partial charge in [0.25, 0.3) is 0 Å². The van der Waals surface area contributed by atoms with Gasteiger partial charge in [-0.15, -0.1) is 11.8 Å². The Balaban J connectivity index is 1.74. The molecule has 1 aromatic carbocycles. The van der Waals surface area contributed by atoms with E-state index in [-0.39, 0.29) is 23.1 Å². The van der Waals surface area contributed by atoms with E-state index in [0.29, 0.717) is 24.4 Å². The van der Waals surface area contributed by atoms with Crippen molar-refractivity contribution in [3.63, 3.8) is 0 Å².